The van der Waals surface area contributed by atoms with E-state index in [0.29, 0.717) is 0 Å². The molecule has 3 heteroatoms. The number of allylic oxidation sites excluding steroid dienone is 1. The van der Waals surface area contributed by atoms with E-state index in [0.717, 1.165) is 12.1 Å². The molecule has 0 radical (unpaired) electrons. The lowest BCUT2D eigenvalue weighted by Crippen LogP contribution is -1.90. The van der Waals surface area contributed by atoms with Crippen molar-refractivity contribution in [3.63, 3.8) is 0 Å². The smallest absolute Gasteiger partial charge is 0.165 e. The molecule has 0 aliphatic carbocycles. The van der Waals surface area contributed by atoms with Crippen LogP contribution in [0.15, 0.2) is 15.9 Å². The fraction of sp³-hybridized carbons (Fsp3) is 0.667. The third-order valence-electron chi connectivity index (χ3n) is 1.87. The van der Waals surface area contributed by atoms with Gasteiger partial charge in [0.25, 0.3) is 0 Å². The lowest BCUT2D eigenvalue weighted by Gasteiger charge is -1.96. The number of nitrogens with zero attached hydrogens (tertiary/aromatic N) is 1. The van der Waals surface area contributed by atoms with Gasteiger partial charge in [0.2, 0.25) is 0 Å². The molecule has 0 amide bonds. The Labute approximate surface area is 76.4 Å². The first-order chi connectivity index (χ1) is 5.83. The molecular weight excluding hydrogens is 170 g/mol. The normalized spacial score (nSPS) is 21.4. The lowest BCUT2D eigenvalue weighted by molar-refractivity contribution is 0.682. The minimum atomic E-state index is -1.05. The summed E-state index contributed by atoms with van der Waals surface area (Å²) < 4.78 is 14.7. The molecule has 0 bridgehead atoms. The Morgan fingerprint density at radius 2 is 2.25 bits per heavy atom. The van der Waals surface area contributed by atoms with E-state index in [4.69, 9.17) is 0 Å². The van der Waals surface area contributed by atoms with Gasteiger partial charge in [0.1, 0.15) is 0 Å². The highest BCUT2D eigenvalue weighted by atomic mass is 32.2. The molecule has 0 aromatic heterocycles. The number of hydrogen-bond donors (Lipinski definition) is 0. The van der Waals surface area contributed by atoms with E-state index < -0.39 is 11.0 Å². The fourth-order valence-corrected chi connectivity index (χ4v) is 1.89. The maximum Gasteiger partial charge on any atom is 0.165 e. The van der Waals surface area contributed by atoms with Gasteiger partial charge in [-0.15, -0.1) is 0 Å². The molecule has 1 aliphatic rings. The second-order valence-electron chi connectivity index (χ2n) is 2.97. The molecule has 0 saturated heterocycles. The van der Waals surface area contributed by atoms with Gasteiger partial charge in [-0.1, -0.05) is 26.2 Å². The van der Waals surface area contributed by atoms with Crippen molar-refractivity contribution in [1.29, 1.82) is 0 Å². The molecule has 0 spiro atoms. The molecule has 1 aliphatic heterocycles. The van der Waals surface area contributed by atoms with E-state index in [2.05, 4.69) is 11.3 Å². The molecule has 0 aromatic carbocycles. The van der Waals surface area contributed by atoms with Crippen LogP contribution in [0.25, 0.3) is 0 Å². The van der Waals surface area contributed by atoms with Crippen molar-refractivity contribution in [2.45, 2.75) is 39.0 Å². The van der Waals surface area contributed by atoms with Crippen LogP contribution in [0.1, 0.15) is 39.0 Å². The van der Waals surface area contributed by atoms with Gasteiger partial charge in [0, 0.05) is 5.41 Å². The van der Waals surface area contributed by atoms with Gasteiger partial charge in [-0.25, -0.2) is 4.21 Å². The summed E-state index contributed by atoms with van der Waals surface area (Å²) in [5.41, 5.74) is 1.00. The van der Waals surface area contributed by atoms with Gasteiger partial charge in [-0.2, -0.15) is 4.40 Å². The Morgan fingerprint density at radius 1 is 1.42 bits per heavy atom. The van der Waals surface area contributed by atoms with Crippen LogP contribution in [0.3, 0.4) is 0 Å². The van der Waals surface area contributed by atoms with Crippen molar-refractivity contribution in [2.24, 2.45) is 4.40 Å². The molecule has 0 saturated carbocycles. The highest BCUT2D eigenvalue weighted by Gasteiger charge is 2.03. The van der Waals surface area contributed by atoms with Crippen molar-refractivity contribution >= 4 is 16.7 Å². The summed E-state index contributed by atoms with van der Waals surface area (Å²) in [5, 5.41) is 1.65. The van der Waals surface area contributed by atoms with Crippen LogP contribution in [0.2, 0.25) is 0 Å². The van der Waals surface area contributed by atoms with Gasteiger partial charge >= 0.3 is 0 Å². The molecule has 1 heterocycles. The van der Waals surface area contributed by atoms with Crippen molar-refractivity contribution in [1.82, 2.24) is 0 Å². The summed E-state index contributed by atoms with van der Waals surface area (Å²) in [6, 6.07) is 0. The van der Waals surface area contributed by atoms with Crippen LogP contribution in [0.4, 0.5) is 0 Å². The highest BCUT2D eigenvalue weighted by Crippen LogP contribution is 2.09. The Hall–Kier alpha value is -0.440. The van der Waals surface area contributed by atoms with Crippen molar-refractivity contribution in [3.8, 4) is 0 Å². The Bertz CT molecular complexity index is 221. The summed E-state index contributed by atoms with van der Waals surface area (Å²) >= 11 is 0. The molecule has 12 heavy (non-hydrogen) atoms. The molecule has 0 fully saturated rings. The molecule has 1 rings (SSSR count). The average Bonchev–Trinajstić information content (AvgIpc) is 2.45. The van der Waals surface area contributed by atoms with E-state index in [1.165, 1.54) is 25.7 Å². The van der Waals surface area contributed by atoms with E-state index in [-0.39, 0.29) is 0 Å². The maximum atomic E-state index is 10.8. The van der Waals surface area contributed by atoms with Crippen LogP contribution in [0, 0.1) is 0 Å². The van der Waals surface area contributed by atoms with E-state index in [9.17, 15) is 4.21 Å². The summed E-state index contributed by atoms with van der Waals surface area (Å²) in [6.07, 6.45) is 7.85. The second-order valence-corrected chi connectivity index (χ2v) is 3.98. The average molecular weight is 185 g/mol. The van der Waals surface area contributed by atoms with Crippen LogP contribution in [0.5, 0.6) is 0 Å². The minimum absolute atomic E-state index is 0.988. The number of unbranched alkanes of at least 4 members (excludes halogenated alkanes) is 3. The molecule has 0 aromatic rings. The Morgan fingerprint density at radius 3 is 2.83 bits per heavy atom. The van der Waals surface area contributed by atoms with Crippen molar-refractivity contribution in [2.75, 3.05) is 0 Å². The van der Waals surface area contributed by atoms with Crippen LogP contribution in [-0.4, -0.2) is 9.92 Å². The highest BCUT2D eigenvalue weighted by molar-refractivity contribution is 7.87. The van der Waals surface area contributed by atoms with Gasteiger partial charge in [-0.05, 0) is 18.9 Å². The first kappa shape index (κ1) is 9.65. The summed E-state index contributed by atoms with van der Waals surface area (Å²) in [4.78, 5) is 0. The third-order valence-corrected chi connectivity index (χ3v) is 2.65. The minimum Gasteiger partial charge on any atom is -0.230 e. The first-order valence-corrected chi connectivity index (χ1v) is 5.66. The Balaban J connectivity index is 2.12. The zero-order valence-electron chi connectivity index (χ0n) is 7.45. The van der Waals surface area contributed by atoms with Gasteiger partial charge in [-0.3, -0.25) is 0 Å². The maximum absolute atomic E-state index is 10.8. The monoisotopic (exact) mass is 185 g/mol. The molecular formula is C9H15NOS. The first-order valence-electron chi connectivity index (χ1n) is 4.49. The predicted octanol–water partition coefficient (Wildman–Crippen LogP) is 2.59. The van der Waals surface area contributed by atoms with E-state index >= 15 is 0 Å². The topological polar surface area (TPSA) is 29.4 Å². The SMILES string of the molecule is CCCCCCC1=NS(=O)C=C1. The van der Waals surface area contributed by atoms with Crippen LogP contribution in [-0.2, 0) is 11.0 Å². The summed E-state index contributed by atoms with van der Waals surface area (Å²) in [5.74, 6) is 0. The standard InChI is InChI=1S/C9H15NOS/c1-2-3-4-5-6-9-7-8-12(11)10-9/h7-8H,2-6H2,1H3. The zero-order valence-corrected chi connectivity index (χ0v) is 8.27. The fourth-order valence-electron chi connectivity index (χ4n) is 1.18. The van der Waals surface area contributed by atoms with Crippen LogP contribution >= 0.6 is 0 Å². The van der Waals surface area contributed by atoms with Crippen molar-refractivity contribution < 1.29 is 4.21 Å². The quantitative estimate of drug-likeness (QED) is 0.605. The second kappa shape index (κ2) is 5.25. The largest absolute Gasteiger partial charge is 0.230 e. The zero-order chi connectivity index (χ0) is 8.81. The number of rotatable bonds is 5. The molecule has 0 N–H and O–H groups in total. The van der Waals surface area contributed by atoms with Crippen LogP contribution < -0.4 is 0 Å². The van der Waals surface area contributed by atoms with Gasteiger partial charge in [0.05, 0.1) is 5.71 Å². The molecule has 1 atom stereocenters. The molecule has 2 nitrogen and oxygen atoms in total. The molecule has 68 valence electrons. The Kier molecular flexibility index (Phi) is 4.22. The summed E-state index contributed by atoms with van der Waals surface area (Å²) in [6.45, 7) is 2.20. The predicted molar refractivity (Wildman–Crippen MR) is 53.5 cm³/mol. The number of hydrogen-bond acceptors (Lipinski definition) is 1. The molecule has 1 unspecified atom stereocenters. The van der Waals surface area contributed by atoms with E-state index in [1.807, 2.05) is 6.08 Å². The van der Waals surface area contributed by atoms with Crippen molar-refractivity contribution in [3.05, 3.63) is 11.5 Å². The summed E-state index contributed by atoms with van der Waals surface area (Å²) in [7, 11) is -1.05. The van der Waals surface area contributed by atoms with Gasteiger partial charge in [0.15, 0.2) is 11.0 Å². The lowest BCUT2D eigenvalue weighted by atomic mass is 10.1. The van der Waals surface area contributed by atoms with Gasteiger partial charge < -0.3 is 0 Å². The van der Waals surface area contributed by atoms with E-state index in [1.54, 1.807) is 5.41 Å². The third kappa shape index (κ3) is 3.30.